The fourth-order valence-electron chi connectivity index (χ4n) is 4.98. The molecule has 0 atom stereocenters. The summed E-state index contributed by atoms with van der Waals surface area (Å²) in [6.07, 6.45) is 3.82. The van der Waals surface area contributed by atoms with Crippen molar-refractivity contribution in [3.63, 3.8) is 0 Å². The third-order valence-electron chi connectivity index (χ3n) is 7.10. The number of ether oxygens (including phenoxy) is 2. The number of ketones is 1. The highest BCUT2D eigenvalue weighted by molar-refractivity contribution is 6.14. The van der Waals surface area contributed by atoms with E-state index in [2.05, 4.69) is 15.1 Å². The molecule has 0 unspecified atom stereocenters. The minimum absolute atomic E-state index is 0. The van der Waals surface area contributed by atoms with Crippen molar-refractivity contribution in [2.75, 3.05) is 65.7 Å². The van der Waals surface area contributed by atoms with Crippen LogP contribution in [0.25, 0.3) is 12.2 Å². The van der Waals surface area contributed by atoms with Crippen LogP contribution in [-0.4, -0.2) is 91.5 Å². The molecule has 220 valence electrons. The lowest BCUT2D eigenvalue weighted by Crippen LogP contribution is -2.35. The molecule has 3 fully saturated rings. The third-order valence-corrected chi connectivity index (χ3v) is 7.10. The number of nitrogens with zero attached hydrogens (tertiary/aromatic N) is 2. The number of piperidine rings is 1. The maximum absolute atomic E-state index is 13.4. The Hall–Kier alpha value is -2.14. The van der Waals surface area contributed by atoms with E-state index < -0.39 is 0 Å². The quantitative estimate of drug-likeness (QED) is 0.425. The molecule has 2 aromatic rings. The molecule has 0 aromatic heterocycles. The van der Waals surface area contributed by atoms with Gasteiger partial charge in [0, 0.05) is 74.6 Å². The molecule has 0 aliphatic carbocycles. The van der Waals surface area contributed by atoms with E-state index in [9.17, 15) is 15.0 Å². The molecule has 0 spiro atoms. The molecule has 3 saturated heterocycles. The van der Waals surface area contributed by atoms with Crippen LogP contribution < -0.4 is 5.32 Å². The Bertz CT molecular complexity index is 1110. The molecule has 0 amide bonds. The number of phenolic OH excluding ortho intramolecular Hbond substituents is 2. The number of nitrogens with one attached hydrogen (secondary N) is 1. The van der Waals surface area contributed by atoms with Gasteiger partial charge in [-0.05, 0) is 47.5 Å². The van der Waals surface area contributed by atoms with Gasteiger partial charge in [-0.25, -0.2) is 0 Å². The molecule has 0 bridgehead atoms. The monoisotopic (exact) mass is 613 g/mol. The number of hydrogen-bond donors (Lipinski definition) is 3. The number of rotatable bonds is 6. The summed E-state index contributed by atoms with van der Waals surface area (Å²) in [6, 6.07) is 11.0. The molecule has 0 saturated carbocycles. The number of morpholine rings is 2. The molecule has 0 radical (unpaired) electrons. The summed E-state index contributed by atoms with van der Waals surface area (Å²) in [5.41, 5.74) is 4.86. The molecule has 40 heavy (non-hydrogen) atoms. The first-order chi connectivity index (χ1) is 18.0. The topological polar surface area (TPSA) is 94.5 Å². The van der Waals surface area contributed by atoms with Crippen molar-refractivity contribution in [1.29, 1.82) is 0 Å². The molecule has 2 aromatic carbocycles. The van der Waals surface area contributed by atoms with E-state index in [0.29, 0.717) is 63.8 Å². The minimum Gasteiger partial charge on any atom is -0.508 e. The zero-order chi connectivity index (χ0) is 25.6. The smallest absolute Gasteiger partial charge is 0.187 e. The van der Waals surface area contributed by atoms with E-state index in [0.717, 1.165) is 48.4 Å². The van der Waals surface area contributed by atoms with Crippen LogP contribution in [0, 0.1) is 0 Å². The number of hydrogen-bond acceptors (Lipinski definition) is 8. The van der Waals surface area contributed by atoms with Gasteiger partial charge in [-0.15, -0.1) is 37.2 Å². The number of carbonyl (C=O) groups excluding carboxylic acids is 1. The number of halogens is 3. The van der Waals surface area contributed by atoms with E-state index in [1.807, 2.05) is 36.4 Å². The van der Waals surface area contributed by atoms with Gasteiger partial charge in [-0.3, -0.25) is 14.6 Å². The van der Waals surface area contributed by atoms with Crippen LogP contribution in [0.2, 0.25) is 0 Å². The standard InChI is InChI=1S/C29H35N3O5.3ClH/c33-27-3-1-21(15-25(27)19-31-5-9-36-10-6-31)13-23-17-30-18-24(29(23)35)14-22-2-4-28(34)26(16-22)20-32-7-11-37-12-8-32;;;/h1-4,13-16,30,33-34H,5-12,17-20H2;3*1H/b23-13+,24-14+;;;. The normalized spacial score (nSPS) is 20.4. The second-order valence-electron chi connectivity index (χ2n) is 9.83. The highest BCUT2D eigenvalue weighted by Gasteiger charge is 2.21. The van der Waals surface area contributed by atoms with Crippen LogP contribution in [-0.2, 0) is 27.4 Å². The Morgan fingerprint density at radius 3 is 1.50 bits per heavy atom. The molecule has 3 aliphatic heterocycles. The Balaban J connectivity index is 0.00000187. The number of carbonyl (C=O) groups is 1. The van der Waals surface area contributed by atoms with Gasteiger partial charge in [0.1, 0.15) is 11.5 Å². The molecule has 3 heterocycles. The van der Waals surface area contributed by atoms with Gasteiger partial charge in [0.05, 0.1) is 26.4 Å². The summed E-state index contributed by atoms with van der Waals surface area (Å²) in [4.78, 5) is 17.9. The highest BCUT2D eigenvalue weighted by atomic mass is 35.5. The number of phenols is 2. The van der Waals surface area contributed by atoms with Crippen molar-refractivity contribution >= 4 is 55.2 Å². The molecule has 3 N–H and O–H groups in total. The van der Waals surface area contributed by atoms with Crippen LogP contribution >= 0.6 is 37.2 Å². The Morgan fingerprint density at radius 2 is 1.10 bits per heavy atom. The molecule has 3 aliphatic rings. The van der Waals surface area contributed by atoms with Crippen molar-refractivity contribution in [3.05, 3.63) is 69.8 Å². The second kappa shape index (κ2) is 16.3. The zero-order valence-electron chi connectivity index (χ0n) is 22.3. The van der Waals surface area contributed by atoms with Gasteiger partial charge < -0.3 is 25.0 Å². The minimum atomic E-state index is 0. The number of aromatic hydroxyl groups is 2. The number of Topliss-reactive ketones (excluding diaryl/α,β-unsaturated/α-hetero) is 1. The zero-order valence-corrected chi connectivity index (χ0v) is 24.8. The lowest BCUT2D eigenvalue weighted by Gasteiger charge is -2.27. The fourth-order valence-corrected chi connectivity index (χ4v) is 4.98. The first-order valence-corrected chi connectivity index (χ1v) is 13.0. The maximum atomic E-state index is 13.4. The van der Waals surface area contributed by atoms with Crippen molar-refractivity contribution in [1.82, 2.24) is 15.1 Å². The van der Waals surface area contributed by atoms with Gasteiger partial charge in [0.25, 0.3) is 0 Å². The largest absolute Gasteiger partial charge is 0.508 e. The third kappa shape index (κ3) is 8.93. The lowest BCUT2D eigenvalue weighted by molar-refractivity contribution is -0.112. The van der Waals surface area contributed by atoms with Crippen LogP contribution in [0.5, 0.6) is 11.5 Å². The van der Waals surface area contributed by atoms with E-state index in [1.165, 1.54) is 0 Å². The Kier molecular flexibility index (Phi) is 13.9. The predicted molar refractivity (Wildman–Crippen MR) is 164 cm³/mol. The van der Waals surface area contributed by atoms with E-state index in [1.54, 1.807) is 12.1 Å². The van der Waals surface area contributed by atoms with Gasteiger partial charge in [-0.1, -0.05) is 12.1 Å². The summed E-state index contributed by atoms with van der Waals surface area (Å²) in [5, 5.41) is 24.1. The number of benzene rings is 2. The maximum Gasteiger partial charge on any atom is 0.187 e. The van der Waals surface area contributed by atoms with E-state index in [4.69, 9.17) is 9.47 Å². The summed E-state index contributed by atoms with van der Waals surface area (Å²) in [5.74, 6) is 0.550. The summed E-state index contributed by atoms with van der Waals surface area (Å²) < 4.78 is 10.8. The van der Waals surface area contributed by atoms with Crippen LogP contribution in [0.4, 0.5) is 0 Å². The molecular weight excluding hydrogens is 577 g/mol. The van der Waals surface area contributed by atoms with Crippen molar-refractivity contribution < 1.29 is 24.5 Å². The average molecular weight is 615 g/mol. The predicted octanol–water partition coefficient (Wildman–Crippen LogP) is 3.67. The average Bonchev–Trinajstić information content (AvgIpc) is 2.91. The molecular formula is C29H38Cl3N3O5. The highest BCUT2D eigenvalue weighted by Crippen LogP contribution is 2.26. The van der Waals surface area contributed by atoms with Gasteiger partial charge >= 0.3 is 0 Å². The first kappa shape index (κ1) is 34.1. The Labute approximate surface area is 254 Å². The Morgan fingerprint density at radius 1 is 0.700 bits per heavy atom. The molecule has 11 heteroatoms. The molecule has 8 nitrogen and oxygen atoms in total. The van der Waals surface area contributed by atoms with Crippen molar-refractivity contribution in [2.24, 2.45) is 0 Å². The lowest BCUT2D eigenvalue weighted by atomic mass is 9.94. The van der Waals surface area contributed by atoms with Gasteiger partial charge in [0.15, 0.2) is 5.78 Å². The molecule has 5 rings (SSSR count). The summed E-state index contributed by atoms with van der Waals surface area (Å²) in [7, 11) is 0. The van der Waals surface area contributed by atoms with E-state index >= 15 is 0 Å². The van der Waals surface area contributed by atoms with Crippen LogP contribution in [0.3, 0.4) is 0 Å². The summed E-state index contributed by atoms with van der Waals surface area (Å²) in [6.45, 7) is 8.46. The van der Waals surface area contributed by atoms with Crippen LogP contribution in [0.15, 0.2) is 47.5 Å². The van der Waals surface area contributed by atoms with Crippen molar-refractivity contribution in [3.8, 4) is 11.5 Å². The van der Waals surface area contributed by atoms with Gasteiger partial charge in [-0.2, -0.15) is 0 Å². The van der Waals surface area contributed by atoms with E-state index in [-0.39, 0.29) is 54.5 Å². The SMILES string of the molecule is Cl.Cl.Cl.O=C1/C(=C/c2ccc(O)c(CN3CCOCC3)c2)CNC/C1=C\c1ccc(O)c(CN2CCOCC2)c1. The first-order valence-electron chi connectivity index (χ1n) is 13.0. The van der Waals surface area contributed by atoms with Gasteiger partial charge in [0.2, 0.25) is 0 Å². The van der Waals surface area contributed by atoms with Crippen molar-refractivity contribution in [2.45, 2.75) is 13.1 Å². The fraction of sp³-hybridized carbons (Fsp3) is 0.414. The summed E-state index contributed by atoms with van der Waals surface area (Å²) >= 11 is 0. The van der Waals surface area contributed by atoms with Crippen LogP contribution in [0.1, 0.15) is 22.3 Å². The second-order valence-corrected chi connectivity index (χ2v) is 9.83.